The molecule has 0 aliphatic heterocycles. The second-order valence-electron chi connectivity index (χ2n) is 5.06. The zero-order valence-electron chi connectivity index (χ0n) is 12.7. The normalized spacial score (nSPS) is 11.7. The van der Waals surface area contributed by atoms with Crippen LogP contribution in [0.15, 0.2) is 47.8 Å². The molecule has 6 heteroatoms. The largest absolute Gasteiger partial charge is 0.396 e. The quantitative estimate of drug-likeness (QED) is 0.693. The number of rotatable bonds is 8. The first-order chi connectivity index (χ1) is 11.2. The first kappa shape index (κ1) is 17.2. The van der Waals surface area contributed by atoms with Crippen molar-refractivity contribution >= 4 is 23.2 Å². The molecule has 1 unspecified atom stereocenters. The van der Waals surface area contributed by atoms with Gasteiger partial charge >= 0.3 is 0 Å². The highest BCUT2D eigenvalue weighted by molar-refractivity contribution is 7.12. The number of aliphatic hydroxyl groups is 1. The predicted molar refractivity (Wildman–Crippen MR) is 90.3 cm³/mol. The molecule has 122 valence electrons. The average molecular weight is 332 g/mol. The Morgan fingerprint density at radius 2 is 1.91 bits per heavy atom. The number of benzene rings is 1. The zero-order chi connectivity index (χ0) is 16.5. The van der Waals surface area contributed by atoms with Crippen LogP contribution in [0.2, 0.25) is 0 Å². The molecule has 2 amide bonds. The fraction of sp³-hybridized carbons (Fsp3) is 0.294. The molecule has 2 rings (SSSR count). The molecule has 3 N–H and O–H groups in total. The van der Waals surface area contributed by atoms with Crippen LogP contribution in [0.3, 0.4) is 0 Å². The lowest BCUT2D eigenvalue weighted by Crippen LogP contribution is -2.38. The fourth-order valence-electron chi connectivity index (χ4n) is 2.20. The van der Waals surface area contributed by atoms with Gasteiger partial charge in [-0.1, -0.05) is 36.4 Å². The van der Waals surface area contributed by atoms with Crippen LogP contribution in [0.1, 0.15) is 34.1 Å². The van der Waals surface area contributed by atoms with E-state index >= 15 is 0 Å². The maximum absolute atomic E-state index is 12.1. The Morgan fingerprint density at radius 1 is 1.13 bits per heavy atom. The summed E-state index contributed by atoms with van der Waals surface area (Å²) in [5.74, 6) is -0.497. The van der Waals surface area contributed by atoms with Crippen molar-refractivity contribution in [3.05, 3.63) is 58.3 Å². The second kappa shape index (κ2) is 9.07. The molecule has 0 aliphatic rings. The van der Waals surface area contributed by atoms with Crippen LogP contribution in [0.25, 0.3) is 0 Å². The van der Waals surface area contributed by atoms with E-state index in [9.17, 15) is 9.59 Å². The van der Waals surface area contributed by atoms with E-state index in [1.165, 1.54) is 11.3 Å². The van der Waals surface area contributed by atoms with Crippen LogP contribution in [-0.4, -0.2) is 30.1 Å². The van der Waals surface area contributed by atoms with Crippen LogP contribution >= 0.6 is 11.3 Å². The Kier molecular flexibility index (Phi) is 6.77. The molecule has 23 heavy (non-hydrogen) atoms. The monoisotopic (exact) mass is 332 g/mol. The van der Waals surface area contributed by atoms with Crippen molar-refractivity contribution in [2.24, 2.45) is 0 Å². The molecule has 1 aromatic carbocycles. The van der Waals surface area contributed by atoms with Gasteiger partial charge in [-0.2, -0.15) is 0 Å². The van der Waals surface area contributed by atoms with E-state index in [4.69, 9.17) is 5.11 Å². The van der Waals surface area contributed by atoms with E-state index in [2.05, 4.69) is 10.6 Å². The summed E-state index contributed by atoms with van der Waals surface area (Å²) in [5, 5.41) is 16.3. The molecule has 1 atom stereocenters. The summed E-state index contributed by atoms with van der Waals surface area (Å²) in [6.45, 7) is 0.00745. The molecule has 0 saturated carbocycles. The number of nitrogens with one attached hydrogen (secondary N) is 2. The Morgan fingerprint density at radius 3 is 2.57 bits per heavy atom. The topological polar surface area (TPSA) is 78.4 Å². The first-order valence-corrected chi connectivity index (χ1v) is 8.35. The van der Waals surface area contributed by atoms with Gasteiger partial charge in [0.2, 0.25) is 5.91 Å². The lowest BCUT2D eigenvalue weighted by molar-refractivity contribution is -0.120. The van der Waals surface area contributed by atoms with Gasteiger partial charge in [0.05, 0.1) is 17.5 Å². The van der Waals surface area contributed by atoms with Gasteiger partial charge in [0.15, 0.2) is 0 Å². The molecular weight excluding hydrogens is 312 g/mol. The number of carbonyl (C=O) groups excluding carboxylic acids is 2. The third-order valence-electron chi connectivity index (χ3n) is 3.34. The number of carbonyl (C=O) groups is 2. The van der Waals surface area contributed by atoms with Crippen LogP contribution in [0.4, 0.5) is 0 Å². The molecular formula is C17H20N2O3S. The van der Waals surface area contributed by atoms with Crippen molar-refractivity contribution in [1.29, 1.82) is 0 Å². The predicted octanol–water partition coefficient (Wildman–Crippen LogP) is 2.11. The van der Waals surface area contributed by atoms with Gasteiger partial charge in [0.25, 0.3) is 5.91 Å². The van der Waals surface area contributed by atoms with E-state index in [0.29, 0.717) is 17.7 Å². The Hall–Kier alpha value is -2.18. The van der Waals surface area contributed by atoms with E-state index in [1.807, 2.05) is 35.7 Å². The average Bonchev–Trinajstić information content (AvgIpc) is 3.12. The summed E-state index contributed by atoms with van der Waals surface area (Å²) in [6.07, 6.45) is 1.24. The minimum Gasteiger partial charge on any atom is -0.396 e. The number of amides is 2. The SMILES string of the molecule is O=C(CNC(=O)c1cccs1)NC(CCCO)c1ccccc1. The second-order valence-corrected chi connectivity index (χ2v) is 6.00. The molecule has 0 spiro atoms. The summed E-state index contributed by atoms with van der Waals surface area (Å²) in [6, 6.07) is 12.9. The van der Waals surface area contributed by atoms with Crippen molar-refractivity contribution in [3.8, 4) is 0 Å². The minimum atomic E-state index is -0.248. The number of thiophene rings is 1. The van der Waals surface area contributed by atoms with Crippen molar-refractivity contribution < 1.29 is 14.7 Å². The van der Waals surface area contributed by atoms with E-state index in [1.54, 1.807) is 12.1 Å². The molecule has 0 aliphatic carbocycles. The van der Waals surface area contributed by atoms with Crippen molar-refractivity contribution in [2.45, 2.75) is 18.9 Å². The van der Waals surface area contributed by atoms with E-state index in [0.717, 1.165) is 5.56 Å². The Balaban J connectivity index is 1.88. The van der Waals surface area contributed by atoms with Crippen LogP contribution in [-0.2, 0) is 4.79 Å². The Bertz CT molecular complexity index is 614. The van der Waals surface area contributed by atoms with Crippen molar-refractivity contribution in [1.82, 2.24) is 10.6 Å². The standard InChI is InChI=1S/C17H20N2O3S/c20-10-4-8-14(13-6-2-1-3-7-13)19-16(21)12-18-17(22)15-9-5-11-23-15/h1-3,5-7,9,11,14,20H,4,8,10,12H2,(H,18,22)(H,19,21). The number of aliphatic hydroxyl groups excluding tert-OH is 1. The van der Waals surface area contributed by atoms with Crippen LogP contribution < -0.4 is 10.6 Å². The summed E-state index contributed by atoms with van der Waals surface area (Å²) >= 11 is 1.33. The van der Waals surface area contributed by atoms with Gasteiger partial charge in [-0.15, -0.1) is 11.3 Å². The van der Waals surface area contributed by atoms with Gasteiger partial charge < -0.3 is 15.7 Å². The lowest BCUT2D eigenvalue weighted by Gasteiger charge is -2.19. The van der Waals surface area contributed by atoms with Crippen molar-refractivity contribution in [2.75, 3.05) is 13.2 Å². The number of hydrogen-bond donors (Lipinski definition) is 3. The lowest BCUT2D eigenvalue weighted by atomic mass is 10.0. The molecule has 0 bridgehead atoms. The minimum absolute atomic E-state index is 0.0702. The molecule has 0 radical (unpaired) electrons. The van der Waals surface area contributed by atoms with E-state index in [-0.39, 0.29) is 31.0 Å². The highest BCUT2D eigenvalue weighted by atomic mass is 32.1. The highest BCUT2D eigenvalue weighted by Gasteiger charge is 2.15. The van der Waals surface area contributed by atoms with E-state index < -0.39 is 0 Å². The summed E-state index contributed by atoms with van der Waals surface area (Å²) < 4.78 is 0. The maximum Gasteiger partial charge on any atom is 0.261 e. The van der Waals surface area contributed by atoms with Crippen molar-refractivity contribution in [3.63, 3.8) is 0 Å². The molecule has 1 aromatic heterocycles. The smallest absolute Gasteiger partial charge is 0.261 e. The Labute approximate surface area is 139 Å². The zero-order valence-corrected chi connectivity index (χ0v) is 13.5. The van der Waals surface area contributed by atoms with Gasteiger partial charge in [0.1, 0.15) is 0 Å². The fourth-order valence-corrected chi connectivity index (χ4v) is 2.84. The third-order valence-corrected chi connectivity index (χ3v) is 4.21. The molecule has 0 saturated heterocycles. The first-order valence-electron chi connectivity index (χ1n) is 7.47. The summed E-state index contributed by atoms with van der Waals surface area (Å²) in [4.78, 5) is 24.5. The summed E-state index contributed by atoms with van der Waals surface area (Å²) in [5.41, 5.74) is 0.985. The molecule has 1 heterocycles. The highest BCUT2D eigenvalue weighted by Crippen LogP contribution is 2.17. The summed E-state index contributed by atoms with van der Waals surface area (Å²) in [7, 11) is 0. The van der Waals surface area contributed by atoms with Crippen LogP contribution in [0.5, 0.6) is 0 Å². The molecule has 2 aromatic rings. The van der Waals surface area contributed by atoms with Gasteiger partial charge in [-0.3, -0.25) is 9.59 Å². The van der Waals surface area contributed by atoms with Gasteiger partial charge in [-0.05, 0) is 29.9 Å². The number of hydrogen-bond acceptors (Lipinski definition) is 4. The molecule has 0 fully saturated rings. The van der Waals surface area contributed by atoms with Gasteiger partial charge in [0, 0.05) is 6.61 Å². The third kappa shape index (κ3) is 5.50. The van der Waals surface area contributed by atoms with Crippen LogP contribution in [0, 0.1) is 0 Å². The molecule has 5 nitrogen and oxygen atoms in total. The van der Waals surface area contributed by atoms with Gasteiger partial charge in [-0.25, -0.2) is 0 Å². The maximum atomic E-state index is 12.1.